The lowest BCUT2D eigenvalue weighted by Gasteiger charge is -2.39. The molecule has 1 aromatic carbocycles. The summed E-state index contributed by atoms with van der Waals surface area (Å²) in [6.45, 7) is 8.33. The van der Waals surface area contributed by atoms with Gasteiger partial charge in [0.2, 0.25) is 0 Å². The molecule has 2 rings (SSSR count). The Kier molecular flexibility index (Phi) is 7.32. The smallest absolute Gasteiger partial charge is 0.180 e. The van der Waals surface area contributed by atoms with Crippen molar-refractivity contribution >= 4 is 6.08 Å². The lowest BCUT2D eigenvalue weighted by molar-refractivity contribution is -0.214. The van der Waals surface area contributed by atoms with Gasteiger partial charge < -0.3 is 9.47 Å². The Hall–Kier alpha value is -1.12. The van der Waals surface area contributed by atoms with Crippen LogP contribution < -0.4 is 0 Å². The first-order chi connectivity index (χ1) is 11.2. The summed E-state index contributed by atoms with van der Waals surface area (Å²) in [7, 11) is 0. The van der Waals surface area contributed by atoms with Crippen LogP contribution in [-0.2, 0) is 9.47 Å². The van der Waals surface area contributed by atoms with E-state index in [4.69, 9.17) is 9.47 Å². The summed E-state index contributed by atoms with van der Waals surface area (Å²) in [5, 5.41) is 0. The van der Waals surface area contributed by atoms with Gasteiger partial charge in [-0.2, -0.15) is 0 Å². The molecule has 0 atom stereocenters. The number of hydrogen-bond donors (Lipinski definition) is 0. The highest BCUT2D eigenvalue weighted by Crippen LogP contribution is 2.34. The van der Waals surface area contributed by atoms with Gasteiger partial charge in [-0.25, -0.2) is 0 Å². The van der Waals surface area contributed by atoms with Gasteiger partial charge in [0, 0.05) is 5.41 Å². The van der Waals surface area contributed by atoms with Crippen LogP contribution in [0.1, 0.15) is 64.9 Å². The molecule has 1 saturated heterocycles. The van der Waals surface area contributed by atoms with Gasteiger partial charge in [0.25, 0.3) is 0 Å². The Morgan fingerprint density at radius 3 is 2.26 bits per heavy atom. The third kappa shape index (κ3) is 5.19. The minimum Gasteiger partial charge on any atom is -0.348 e. The van der Waals surface area contributed by atoms with Crippen LogP contribution in [0.25, 0.3) is 6.08 Å². The Morgan fingerprint density at radius 2 is 1.70 bits per heavy atom. The van der Waals surface area contributed by atoms with Crippen LogP contribution in [0, 0.1) is 5.41 Å². The molecule has 0 spiro atoms. The number of benzene rings is 1. The van der Waals surface area contributed by atoms with Crippen molar-refractivity contribution in [3.05, 3.63) is 41.5 Å². The van der Waals surface area contributed by atoms with E-state index in [9.17, 15) is 0 Å². The van der Waals surface area contributed by atoms with Crippen LogP contribution in [0.2, 0.25) is 0 Å². The van der Waals surface area contributed by atoms with Crippen molar-refractivity contribution in [2.24, 2.45) is 5.41 Å². The number of unbranched alkanes of at least 4 members (excludes halogenated alkanes) is 2. The van der Waals surface area contributed by atoms with Crippen molar-refractivity contribution in [1.82, 2.24) is 0 Å². The molecule has 1 aliphatic rings. The quantitative estimate of drug-likeness (QED) is 0.562. The third-order valence-electron chi connectivity index (χ3n) is 5.11. The SMILES string of the molecule is CCCCC/C(=C/c1ccccc1)C1OCC(CC)(CC)CO1. The normalized spacial score (nSPS) is 19.0. The lowest BCUT2D eigenvalue weighted by atomic mass is 9.83. The highest BCUT2D eigenvalue weighted by atomic mass is 16.7. The van der Waals surface area contributed by atoms with Gasteiger partial charge >= 0.3 is 0 Å². The van der Waals surface area contributed by atoms with E-state index < -0.39 is 0 Å². The largest absolute Gasteiger partial charge is 0.348 e. The van der Waals surface area contributed by atoms with E-state index in [1.807, 2.05) is 0 Å². The molecule has 1 heterocycles. The molecule has 1 fully saturated rings. The minimum absolute atomic E-state index is 0.168. The van der Waals surface area contributed by atoms with Gasteiger partial charge in [0.05, 0.1) is 13.2 Å². The topological polar surface area (TPSA) is 18.5 Å². The minimum atomic E-state index is -0.168. The van der Waals surface area contributed by atoms with Gasteiger partial charge in [0.15, 0.2) is 6.29 Å². The van der Waals surface area contributed by atoms with Crippen LogP contribution in [0.5, 0.6) is 0 Å². The van der Waals surface area contributed by atoms with E-state index in [1.54, 1.807) is 0 Å². The van der Waals surface area contributed by atoms with Crippen LogP contribution >= 0.6 is 0 Å². The average molecular weight is 316 g/mol. The molecule has 0 unspecified atom stereocenters. The van der Waals surface area contributed by atoms with Crippen molar-refractivity contribution < 1.29 is 9.47 Å². The van der Waals surface area contributed by atoms with Crippen molar-refractivity contribution in [3.8, 4) is 0 Å². The predicted octanol–water partition coefficient (Wildman–Crippen LogP) is 5.83. The molecule has 0 radical (unpaired) electrons. The molecule has 0 aromatic heterocycles. The van der Waals surface area contributed by atoms with Crippen LogP contribution in [0.3, 0.4) is 0 Å². The maximum absolute atomic E-state index is 6.15. The van der Waals surface area contributed by atoms with E-state index in [0.29, 0.717) is 0 Å². The number of ether oxygens (including phenoxy) is 2. The van der Waals surface area contributed by atoms with E-state index in [2.05, 4.69) is 57.2 Å². The molecule has 0 saturated carbocycles. The second-order valence-electron chi connectivity index (χ2n) is 6.75. The highest BCUT2D eigenvalue weighted by molar-refractivity contribution is 5.53. The summed E-state index contributed by atoms with van der Waals surface area (Å²) in [4.78, 5) is 0. The summed E-state index contributed by atoms with van der Waals surface area (Å²) in [5.41, 5.74) is 2.72. The van der Waals surface area contributed by atoms with Crippen molar-refractivity contribution in [1.29, 1.82) is 0 Å². The second kappa shape index (κ2) is 9.24. The van der Waals surface area contributed by atoms with Crippen LogP contribution in [0.4, 0.5) is 0 Å². The third-order valence-corrected chi connectivity index (χ3v) is 5.11. The van der Waals surface area contributed by atoms with Crippen LogP contribution in [-0.4, -0.2) is 19.5 Å². The first-order valence-electron chi connectivity index (χ1n) is 9.21. The molecular formula is C21H32O2. The fraction of sp³-hybridized carbons (Fsp3) is 0.619. The molecule has 0 aliphatic carbocycles. The first-order valence-corrected chi connectivity index (χ1v) is 9.21. The Labute approximate surface area is 141 Å². The standard InChI is InChI=1S/C21H32O2/c1-4-7-9-14-19(15-18-12-10-8-11-13-18)20-22-16-21(5-2,6-3)17-23-20/h8,10-13,15,20H,4-7,9,14,16-17H2,1-3H3/b19-15-. The van der Waals surface area contributed by atoms with Crippen molar-refractivity contribution in [2.45, 2.75) is 65.6 Å². The molecule has 0 bridgehead atoms. The average Bonchev–Trinajstić information content (AvgIpc) is 2.62. The zero-order chi connectivity index (χ0) is 16.5. The highest BCUT2D eigenvalue weighted by Gasteiger charge is 2.34. The first kappa shape index (κ1) is 18.2. The summed E-state index contributed by atoms with van der Waals surface area (Å²) >= 11 is 0. The molecule has 0 amide bonds. The zero-order valence-electron chi connectivity index (χ0n) is 15.0. The lowest BCUT2D eigenvalue weighted by Crippen LogP contribution is -2.41. The number of hydrogen-bond acceptors (Lipinski definition) is 2. The molecule has 1 aromatic rings. The fourth-order valence-electron chi connectivity index (χ4n) is 3.07. The van der Waals surface area contributed by atoms with Gasteiger partial charge in [-0.1, -0.05) is 70.0 Å². The monoisotopic (exact) mass is 316 g/mol. The maximum atomic E-state index is 6.15. The predicted molar refractivity (Wildman–Crippen MR) is 97.3 cm³/mol. The maximum Gasteiger partial charge on any atom is 0.180 e. The van der Waals surface area contributed by atoms with E-state index in [0.717, 1.165) is 32.5 Å². The molecule has 1 aliphatic heterocycles. The molecule has 128 valence electrons. The van der Waals surface area contributed by atoms with Crippen molar-refractivity contribution in [3.63, 3.8) is 0 Å². The number of rotatable bonds is 8. The zero-order valence-corrected chi connectivity index (χ0v) is 15.0. The molecule has 0 N–H and O–H groups in total. The van der Waals surface area contributed by atoms with E-state index >= 15 is 0 Å². The molecule has 2 nitrogen and oxygen atoms in total. The summed E-state index contributed by atoms with van der Waals surface area (Å²) < 4.78 is 12.3. The van der Waals surface area contributed by atoms with E-state index in [1.165, 1.54) is 30.4 Å². The Bertz CT molecular complexity index is 464. The van der Waals surface area contributed by atoms with E-state index in [-0.39, 0.29) is 11.7 Å². The molecule has 23 heavy (non-hydrogen) atoms. The second-order valence-corrected chi connectivity index (χ2v) is 6.75. The Morgan fingerprint density at radius 1 is 1.04 bits per heavy atom. The molecule has 2 heteroatoms. The fourth-order valence-corrected chi connectivity index (χ4v) is 3.07. The van der Waals surface area contributed by atoms with Gasteiger partial charge in [-0.05, 0) is 36.8 Å². The molecular weight excluding hydrogens is 284 g/mol. The van der Waals surface area contributed by atoms with Gasteiger partial charge in [-0.3, -0.25) is 0 Å². The summed E-state index contributed by atoms with van der Waals surface area (Å²) in [5.74, 6) is 0. The summed E-state index contributed by atoms with van der Waals surface area (Å²) in [6.07, 6.45) is 9.06. The van der Waals surface area contributed by atoms with Crippen molar-refractivity contribution in [2.75, 3.05) is 13.2 Å². The Balaban J connectivity index is 2.07. The summed E-state index contributed by atoms with van der Waals surface area (Å²) in [6, 6.07) is 10.5. The van der Waals surface area contributed by atoms with Crippen LogP contribution in [0.15, 0.2) is 35.9 Å². The van der Waals surface area contributed by atoms with Gasteiger partial charge in [-0.15, -0.1) is 0 Å². The van der Waals surface area contributed by atoms with Gasteiger partial charge in [0.1, 0.15) is 0 Å².